The maximum absolute atomic E-state index is 12.3. The van der Waals surface area contributed by atoms with E-state index in [9.17, 15) is 38.4 Å². The maximum Gasteiger partial charge on any atom is 0.490 e. The number of aliphatic hydroxyl groups is 2. The molecule has 3 rings (SSSR count). The van der Waals surface area contributed by atoms with E-state index < -0.39 is 65.6 Å². The van der Waals surface area contributed by atoms with Crippen LogP contribution in [0.1, 0.15) is 11.7 Å². The first kappa shape index (κ1) is 26.0. The molecule has 1 aliphatic heterocycles. The minimum Gasteiger partial charge on any atom is -0.387 e. The monoisotopic (exact) mass is 535 g/mol. The summed E-state index contributed by atoms with van der Waals surface area (Å²) in [5.41, 5.74) is -1.72. The third-order valence-electron chi connectivity index (χ3n) is 4.09. The van der Waals surface area contributed by atoms with Gasteiger partial charge in [0.2, 0.25) is 5.78 Å². The Hall–Kier alpha value is -1.62. The summed E-state index contributed by atoms with van der Waals surface area (Å²) in [6, 6.07) is 1.12. The molecule has 33 heavy (non-hydrogen) atoms. The zero-order chi connectivity index (χ0) is 24.8. The van der Waals surface area contributed by atoms with Gasteiger partial charge in [0.1, 0.15) is 24.4 Å². The molecule has 0 aliphatic carbocycles. The predicted molar refractivity (Wildman–Crippen MR) is 102 cm³/mol. The molecule has 2 aromatic heterocycles. The van der Waals surface area contributed by atoms with E-state index in [1.165, 1.54) is 10.6 Å². The highest BCUT2D eigenvalue weighted by atomic mass is 31.3. The summed E-state index contributed by atoms with van der Waals surface area (Å²) in [4.78, 5) is 65.1. The number of nitrogens with zero attached hydrogens (tertiary/aromatic N) is 2. The van der Waals surface area contributed by atoms with E-state index in [1.54, 1.807) is 0 Å². The maximum atomic E-state index is 12.3. The molecule has 1 aliphatic rings. The lowest BCUT2D eigenvalue weighted by Gasteiger charge is -2.19. The van der Waals surface area contributed by atoms with Crippen molar-refractivity contribution in [3.63, 3.8) is 0 Å². The molecule has 0 aromatic carbocycles. The van der Waals surface area contributed by atoms with Crippen LogP contribution < -0.4 is 11.1 Å². The number of fused-ring (bicyclic) bond motifs is 1. The van der Waals surface area contributed by atoms with E-state index in [1.807, 2.05) is 0 Å². The number of hydrogen-bond acceptors (Lipinski definition) is 12. The van der Waals surface area contributed by atoms with Crippen LogP contribution in [0.2, 0.25) is 0 Å². The number of rotatable bonds is 8. The average molecular weight is 535 g/mol. The first-order valence-electron chi connectivity index (χ1n) is 8.49. The zero-order valence-corrected chi connectivity index (χ0v) is 18.5. The summed E-state index contributed by atoms with van der Waals surface area (Å²) in [5, 5.41) is 20.4. The largest absolute Gasteiger partial charge is 0.490 e. The molecule has 1 fully saturated rings. The Kier molecular flexibility index (Phi) is 7.25. The molecule has 0 bridgehead atoms. The standard InChI is InChI=1S/C12H16N3O15P3/c16-7-1-2-15-3-5(11(19)14-12(15)13-7)10-9(18)8(17)6(28-10)4-27-32(23,24)30-33(25,26)29-31(20,21)22/h1-3,6,8-10,17-18H,4H2,(H,23,24)(H,25,26)(H2,20,21,22)(H,13,14,16,19)/t6-,8?,9+,10+/m1/s1. The van der Waals surface area contributed by atoms with E-state index in [-0.39, 0.29) is 11.3 Å². The first-order valence-corrected chi connectivity index (χ1v) is 13.0. The fourth-order valence-corrected chi connectivity index (χ4v) is 5.83. The number of aliphatic hydroxyl groups excluding tert-OH is 2. The number of H-pyrrole nitrogens is 1. The van der Waals surface area contributed by atoms with Gasteiger partial charge in [-0.05, 0) is 0 Å². The Morgan fingerprint density at radius 3 is 2.36 bits per heavy atom. The van der Waals surface area contributed by atoms with Gasteiger partial charge in [-0.2, -0.15) is 13.6 Å². The Balaban J connectivity index is 1.73. The third kappa shape index (κ3) is 6.49. The van der Waals surface area contributed by atoms with E-state index in [2.05, 4.69) is 23.1 Å². The molecule has 0 amide bonds. The molecule has 0 radical (unpaired) electrons. The zero-order valence-electron chi connectivity index (χ0n) is 15.8. The number of hydrogen-bond donors (Lipinski definition) is 7. The molecule has 21 heteroatoms. The van der Waals surface area contributed by atoms with E-state index in [0.717, 1.165) is 12.3 Å². The van der Waals surface area contributed by atoms with Gasteiger partial charge in [-0.1, -0.05) is 0 Å². The van der Waals surface area contributed by atoms with Crippen LogP contribution in [0, 0.1) is 0 Å². The van der Waals surface area contributed by atoms with Crippen LogP contribution in [0.5, 0.6) is 0 Å². The summed E-state index contributed by atoms with van der Waals surface area (Å²) < 4.78 is 51.7. The lowest BCUT2D eigenvalue weighted by atomic mass is 10.0. The Morgan fingerprint density at radius 2 is 1.73 bits per heavy atom. The van der Waals surface area contributed by atoms with Gasteiger partial charge in [0, 0.05) is 18.5 Å². The third-order valence-corrected chi connectivity index (χ3v) is 7.89. The van der Waals surface area contributed by atoms with Gasteiger partial charge in [-0.3, -0.25) is 23.5 Å². The van der Waals surface area contributed by atoms with Crippen molar-refractivity contribution in [2.45, 2.75) is 24.4 Å². The van der Waals surface area contributed by atoms with Crippen molar-refractivity contribution in [1.29, 1.82) is 0 Å². The first-order chi connectivity index (χ1) is 15.1. The fraction of sp³-hybridized carbons (Fsp3) is 0.417. The Bertz CT molecular complexity index is 1300. The molecule has 6 atom stereocenters. The summed E-state index contributed by atoms with van der Waals surface area (Å²) in [7, 11) is -16.8. The second-order valence-electron chi connectivity index (χ2n) is 6.50. The molecule has 184 valence electrons. The minimum atomic E-state index is -5.75. The van der Waals surface area contributed by atoms with Crippen molar-refractivity contribution in [2.24, 2.45) is 0 Å². The quantitative estimate of drug-likeness (QED) is 0.178. The van der Waals surface area contributed by atoms with Gasteiger partial charge >= 0.3 is 23.5 Å². The van der Waals surface area contributed by atoms with E-state index >= 15 is 0 Å². The average Bonchev–Trinajstić information content (AvgIpc) is 2.91. The lowest BCUT2D eigenvalue weighted by molar-refractivity contribution is -0.0227. The lowest BCUT2D eigenvalue weighted by Crippen LogP contribution is -2.33. The van der Waals surface area contributed by atoms with Gasteiger partial charge in [-0.25, -0.2) is 13.7 Å². The Labute approximate surface area is 181 Å². The van der Waals surface area contributed by atoms with Crippen LogP contribution in [0.25, 0.3) is 5.78 Å². The van der Waals surface area contributed by atoms with Crippen molar-refractivity contribution in [3.8, 4) is 0 Å². The predicted octanol–water partition coefficient (Wildman–Crippen LogP) is -2.11. The van der Waals surface area contributed by atoms with E-state index in [0.29, 0.717) is 0 Å². The van der Waals surface area contributed by atoms with E-state index in [4.69, 9.17) is 19.4 Å². The molecule has 18 nitrogen and oxygen atoms in total. The van der Waals surface area contributed by atoms with Crippen LogP contribution in [-0.4, -0.2) is 69.1 Å². The molecule has 0 spiro atoms. The summed E-state index contributed by atoms with van der Waals surface area (Å²) in [6.45, 7) is -1.05. The van der Waals surface area contributed by atoms with Crippen molar-refractivity contribution in [2.75, 3.05) is 6.61 Å². The SMILES string of the molecule is O=c1ccn2cc([C@@H]3O[C@H](COP(=O)(O)OP(=O)(O)OP(=O)(O)O)C(O)[C@@H]3O)c(=O)nc2[nH]1. The molecule has 2 aromatic rings. The van der Waals surface area contributed by atoms with Gasteiger partial charge in [-0.15, -0.1) is 0 Å². The van der Waals surface area contributed by atoms with Crippen molar-refractivity contribution >= 4 is 29.2 Å². The second kappa shape index (κ2) is 9.20. The number of aromatic amines is 1. The molecular weight excluding hydrogens is 519 g/mol. The summed E-state index contributed by atoms with van der Waals surface area (Å²) >= 11 is 0. The smallest absolute Gasteiger partial charge is 0.387 e. The number of phosphoric ester groups is 1. The minimum absolute atomic E-state index is 0.117. The van der Waals surface area contributed by atoms with Crippen molar-refractivity contribution in [1.82, 2.24) is 14.4 Å². The van der Waals surface area contributed by atoms with Gasteiger partial charge in [0.25, 0.3) is 11.1 Å². The summed E-state index contributed by atoms with van der Waals surface area (Å²) in [6.07, 6.45) is -4.21. The van der Waals surface area contributed by atoms with Crippen LogP contribution in [-0.2, 0) is 31.6 Å². The topological polar surface area (TPSA) is 277 Å². The molecule has 3 heterocycles. The van der Waals surface area contributed by atoms with Gasteiger partial charge < -0.3 is 34.5 Å². The highest BCUT2D eigenvalue weighted by Crippen LogP contribution is 2.66. The van der Waals surface area contributed by atoms with Crippen molar-refractivity contribution < 1.29 is 61.4 Å². The van der Waals surface area contributed by atoms with Crippen LogP contribution in [0.3, 0.4) is 0 Å². The molecule has 1 saturated heterocycles. The molecule has 0 saturated carbocycles. The second-order valence-corrected chi connectivity index (χ2v) is 10.9. The highest BCUT2D eigenvalue weighted by Gasteiger charge is 2.47. The molecule has 7 N–H and O–H groups in total. The molecular formula is C12H16N3O15P3. The highest BCUT2D eigenvalue weighted by molar-refractivity contribution is 7.66. The fourth-order valence-electron chi connectivity index (χ4n) is 2.80. The Morgan fingerprint density at radius 1 is 1.06 bits per heavy atom. The van der Waals surface area contributed by atoms with Gasteiger partial charge in [0.05, 0.1) is 12.2 Å². The van der Waals surface area contributed by atoms with Crippen LogP contribution in [0.15, 0.2) is 28.0 Å². The van der Waals surface area contributed by atoms with Gasteiger partial charge in [0.15, 0.2) is 0 Å². The van der Waals surface area contributed by atoms with Crippen LogP contribution in [0.4, 0.5) is 0 Å². The normalized spacial score (nSPS) is 27.3. The summed E-state index contributed by atoms with van der Waals surface area (Å²) in [5.74, 6) is -0.117. The number of aromatic nitrogens is 3. The van der Waals surface area contributed by atoms with Crippen LogP contribution >= 0.6 is 23.5 Å². The number of ether oxygens (including phenoxy) is 1. The number of phosphoric acid groups is 3. The molecule has 3 unspecified atom stereocenters. The van der Waals surface area contributed by atoms with Crippen molar-refractivity contribution in [3.05, 3.63) is 44.7 Å². The number of nitrogens with one attached hydrogen (secondary N) is 1.